The topological polar surface area (TPSA) is 0 Å². The van der Waals surface area contributed by atoms with Crippen LogP contribution < -0.4 is 0 Å². The molecule has 2 heteroatoms. The Morgan fingerprint density at radius 3 is 1.57 bits per heavy atom. The molecule has 226 valence electrons. The van der Waals surface area contributed by atoms with Crippen molar-refractivity contribution in [1.82, 2.24) is 0 Å². The van der Waals surface area contributed by atoms with E-state index in [1.165, 1.54) is 61.3 Å². The summed E-state index contributed by atoms with van der Waals surface area (Å²) in [5, 5.41) is 1.45. The Morgan fingerprint density at radius 2 is 1.04 bits per heavy atom. The first-order valence-electron chi connectivity index (χ1n) is 15.9. The highest BCUT2D eigenvalue weighted by Crippen LogP contribution is 2.62. The molecule has 0 saturated heterocycles. The number of halogens is 2. The van der Waals surface area contributed by atoms with Gasteiger partial charge in [-0.05, 0) is 105 Å². The van der Waals surface area contributed by atoms with Crippen molar-refractivity contribution >= 4 is 39.9 Å². The van der Waals surface area contributed by atoms with Crippen molar-refractivity contribution < 1.29 is 0 Å². The van der Waals surface area contributed by atoms with E-state index in [0.29, 0.717) is 0 Å². The Bertz CT molecular complexity index is 2000. The Balaban J connectivity index is 1.70. The van der Waals surface area contributed by atoms with Crippen LogP contribution >= 0.6 is 23.2 Å². The summed E-state index contributed by atoms with van der Waals surface area (Å²) in [5.41, 5.74) is 16.2. The highest BCUT2D eigenvalue weighted by atomic mass is 35.5. The summed E-state index contributed by atoms with van der Waals surface area (Å²) >= 11 is 12.9. The predicted octanol–water partition coefficient (Wildman–Crippen LogP) is 12.7. The Morgan fingerprint density at radius 1 is 0.565 bits per heavy atom. The quantitative estimate of drug-likeness (QED) is 0.184. The number of fused-ring (bicyclic) bond motifs is 2. The molecular weight excluding hydrogens is 599 g/mol. The fraction of sp³-hybridized carbons (Fsp3) is 0.136. The summed E-state index contributed by atoms with van der Waals surface area (Å²) in [6.45, 7) is 9.36. The summed E-state index contributed by atoms with van der Waals surface area (Å²) < 4.78 is 0. The first-order valence-corrected chi connectivity index (χ1v) is 16.6. The fourth-order valence-electron chi connectivity index (χ4n) is 7.80. The van der Waals surface area contributed by atoms with Gasteiger partial charge in [0.15, 0.2) is 0 Å². The van der Waals surface area contributed by atoms with Crippen LogP contribution in [0.15, 0.2) is 162 Å². The zero-order chi connectivity index (χ0) is 32.0. The average molecular weight is 636 g/mol. The van der Waals surface area contributed by atoms with Gasteiger partial charge in [0.25, 0.3) is 0 Å². The van der Waals surface area contributed by atoms with E-state index in [-0.39, 0.29) is 11.3 Å². The van der Waals surface area contributed by atoms with E-state index in [1.807, 2.05) is 24.3 Å². The Kier molecular flexibility index (Phi) is 7.97. The Labute approximate surface area is 283 Å². The Hall–Kier alpha value is -4.36. The lowest BCUT2D eigenvalue weighted by atomic mass is 9.75. The van der Waals surface area contributed by atoms with Gasteiger partial charge in [-0.3, -0.25) is 0 Å². The summed E-state index contributed by atoms with van der Waals surface area (Å²) in [6.07, 6.45) is 2.54. The average Bonchev–Trinajstić information content (AvgIpc) is 3.18. The normalized spacial score (nSPS) is 16.8. The molecule has 0 spiro atoms. The molecule has 2 aliphatic rings. The third-order valence-electron chi connectivity index (χ3n) is 9.46. The molecule has 5 aromatic rings. The molecule has 0 nitrogen and oxygen atoms in total. The second-order valence-corrected chi connectivity index (χ2v) is 13.8. The summed E-state index contributed by atoms with van der Waals surface area (Å²) in [7, 11) is 0. The van der Waals surface area contributed by atoms with Crippen LogP contribution in [0, 0.1) is 11.3 Å². The number of benzene rings is 5. The maximum atomic E-state index is 6.47. The molecule has 0 aromatic heterocycles. The SMILES string of the molecule is CC(C)=C1C(=C(c2ccc(Cl)cc2)c2ccc(Cl)cc2)C2C=C(c3ccccc3)c3ccccc3C(c3ccccc3)=C2C1(C)C. The minimum atomic E-state index is -0.274. The van der Waals surface area contributed by atoms with E-state index in [9.17, 15) is 0 Å². The third kappa shape index (κ3) is 5.20. The van der Waals surface area contributed by atoms with E-state index in [0.717, 1.165) is 21.2 Å². The van der Waals surface area contributed by atoms with Gasteiger partial charge in [-0.25, -0.2) is 0 Å². The lowest BCUT2D eigenvalue weighted by molar-refractivity contribution is 0.561. The van der Waals surface area contributed by atoms with E-state index < -0.39 is 0 Å². The summed E-state index contributed by atoms with van der Waals surface area (Å²) in [6, 6.07) is 47.3. The van der Waals surface area contributed by atoms with Crippen LogP contribution in [0.3, 0.4) is 0 Å². The zero-order valence-electron chi connectivity index (χ0n) is 26.6. The van der Waals surface area contributed by atoms with Gasteiger partial charge >= 0.3 is 0 Å². The molecule has 1 atom stereocenters. The first kappa shape index (κ1) is 30.3. The van der Waals surface area contributed by atoms with Crippen LogP contribution in [0.4, 0.5) is 0 Å². The highest BCUT2D eigenvalue weighted by molar-refractivity contribution is 6.31. The van der Waals surface area contributed by atoms with Gasteiger partial charge in [0, 0.05) is 21.4 Å². The van der Waals surface area contributed by atoms with Gasteiger partial charge in [-0.1, -0.05) is 158 Å². The molecule has 5 aromatic carbocycles. The second-order valence-electron chi connectivity index (χ2n) is 12.9. The van der Waals surface area contributed by atoms with Crippen LogP contribution in [-0.2, 0) is 0 Å². The first-order chi connectivity index (χ1) is 22.3. The number of hydrogen-bond acceptors (Lipinski definition) is 0. The smallest absolute Gasteiger partial charge is 0.0406 e. The predicted molar refractivity (Wildman–Crippen MR) is 197 cm³/mol. The van der Waals surface area contributed by atoms with Crippen molar-refractivity contribution in [3.8, 4) is 0 Å². The molecule has 0 N–H and O–H groups in total. The van der Waals surface area contributed by atoms with Crippen molar-refractivity contribution in [2.45, 2.75) is 27.7 Å². The molecule has 1 unspecified atom stereocenters. The molecule has 2 aliphatic carbocycles. The molecule has 0 heterocycles. The van der Waals surface area contributed by atoms with Gasteiger partial charge in [-0.2, -0.15) is 0 Å². The minimum Gasteiger partial charge on any atom is -0.0843 e. The molecule has 0 aliphatic heterocycles. The van der Waals surface area contributed by atoms with Gasteiger partial charge in [-0.15, -0.1) is 0 Å². The van der Waals surface area contributed by atoms with E-state index >= 15 is 0 Å². The molecular formula is C44H36Cl2. The third-order valence-corrected chi connectivity index (χ3v) is 9.97. The van der Waals surface area contributed by atoms with Crippen LogP contribution in [0.2, 0.25) is 10.0 Å². The van der Waals surface area contributed by atoms with Gasteiger partial charge in [0.05, 0.1) is 0 Å². The summed E-state index contributed by atoms with van der Waals surface area (Å²) in [4.78, 5) is 0. The van der Waals surface area contributed by atoms with Crippen molar-refractivity contribution in [2.24, 2.45) is 11.3 Å². The van der Waals surface area contributed by atoms with E-state index in [4.69, 9.17) is 23.2 Å². The van der Waals surface area contributed by atoms with Crippen LogP contribution in [0.5, 0.6) is 0 Å². The monoisotopic (exact) mass is 634 g/mol. The number of rotatable bonds is 4. The number of hydrogen-bond donors (Lipinski definition) is 0. The number of allylic oxidation sites excluding steroid dienone is 5. The van der Waals surface area contributed by atoms with Crippen molar-refractivity contribution in [3.63, 3.8) is 0 Å². The van der Waals surface area contributed by atoms with Gasteiger partial charge in [0.2, 0.25) is 0 Å². The van der Waals surface area contributed by atoms with E-state index in [1.54, 1.807) is 0 Å². The largest absolute Gasteiger partial charge is 0.0843 e. The molecule has 0 amide bonds. The zero-order valence-corrected chi connectivity index (χ0v) is 28.1. The maximum Gasteiger partial charge on any atom is 0.0406 e. The second kappa shape index (κ2) is 12.1. The molecule has 1 fully saturated rings. The molecule has 7 rings (SSSR count). The summed E-state index contributed by atoms with van der Waals surface area (Å²) in [5.74, 6) is -0.000863. The van der Waals surface area contributed by atoms with Gasteiger partial charge in [0.1, 0.15) is 0 Å². The molecule has 0 radical (unpaired) electrons. The van der Waals surface area contributed by atoms with Crippen molar-refractivity contribution in [1.29, 1.82) is 0 Å². The minimum absolute atomic E-state index is 0.000863. The maximum absolute atomic E-state index is 6.47. The van der Waals surface area contributed by atoms with Crippen molar-refractivity contribution in [3.05, 3.63) is 205 Å². The van der Waals surface area contributed by atoms with Crippen LogP contribution in [-0.4, -0.2) is 0 Å². The molecule has 46 heavy (non-hydrogen) atoms. The molecule has 1 saturated carbocycles. The lowest BCUT2D eigenvalue weighted by Gasteiger charge is -2.28. The molecule has 0 bridgehead atoms. The fourth-order valence-corrected chi connectivity index (χ4v) is 8.05. The van der Waals surface area contributed by atoms with Crippen LogP contribution in [0.25, 0.3) is 16.7 Å². The van der Waals surface area contributed by atoms with E-state index in [2.05, 4.69) is 143 Å². The highest BCUT2D eigenvalue weighted by Gasteiger charge is 2.48. The van der Waals surface area contributed by atoms with Crippen molar-refractivity contribution in [2.75, 3.05) is 0 Å². The van der Waals surface area contributed by atoms with Crippen LogP contribution in [0.1, 0.15) is 61.1 Å². The standard InChI is InChI=1S/C44H36Cl2/c1-28(2)42-41(39(31-19-23-33(45)24-20-31)32-21-25-34(46)26-22-32)38-27-37(29-13-7-5-8-14-29)35-17-11-12-18-36(35)40(43(38)44(42,3)4)30-15-9-6-10-16-30/h5-27,38H,1-4H3. The van der Waals surface area contributed by atoms with Gasteiger partial charge < -0.3 is 0 Å². The lowest BCUT2D eigenvalue weighted by Crippen LogP contribution is -2.15.